The molecule has 0 aliphatic heterocycles. The van der Waals surface area contributed by atoms with E-state index in [0.717, 1.165) is 16.8 Å². The first-order valence-corrected chi connectivity index (χ1v) is 7.92. The van der Waals surface area contributed by atoms with E-state index in [1.807, 2.05) is 26.0 Å². The summed E-state index contributed by atoms with van der Waals surface area (Å²) < 4.78 is 0. The average molecular weight is 338 g/mol. The van der Waals surface area contributed by atoms with Crippen molar-refractivity contribution in [2.45, 2.75) is 13.8 Å². The van der Waals surface area contributed by atoms with Crippen molar-refractivity contribution in [3.8, 4) is 11.3 Å². The van der Waals surface area contributed by atoms with Crippen molar-refractivity contribution in [2.75, 3.05) is 18.9 Å². The number of hydrogen-bond donors (Lipinski definition) is 3. The summed E-state index contributed by atoms with van der Waals surface area (Å²) in [5, 5.41) is 5.79. The fourth-order valence-corrected chi connectivity index (χ4v) is 2.22. The van der Waals surface area contributed by atoms with E-state index in [4.69, 9.17) is 5.73 Å². The first-order chi connectivity index (χ1) is 12.1. The van der Waals surface area contributed by atoms with Crippen molar-refractivity contribution >= 4 is 18.1 Å². The quantitative estimate of drug-likeness (QED) is 0.700. The molecular weight excluding hydrogens is 316 g/mol. The third kappa shape index (κ3) is 4.63. The van der Waals surface area contributed by atoms with E-state index < -0.39 is 0 Å². The Balaban J connectivity index is 2.29. The molecule has 7 heteroatoms. The van der Waals surface area contributed by atoms with E-state index >= 15 is 0 Å². The maximum atomic E-state index is 11.9. The monoisotopic (exact) mass is 338 g/mol. The van der Waals surface area contributed by atoms with Gasteiger partial charge in [0.1, 0.15) is 0 Å². The van der Waals surface area contributed by atoms with Crippen LogP contribution in [0.2, 0.25) is 0 Å². The van der Waals surface area contributed by atoms with Crippen LogP contribution in [0.25, 0.3) is 11.3 Å². The Bertz CT molecular complexity index is 796. The fraction of sp³-hybridized carbons (Fsp3) is 0.222. The van der Waals surface area contributed by atoms with Crippen LogP contribution in [0.1, 0.15) is 22.8 Å². The zero-order chi connectivity index (χ0) is 18.2. The molecular formula is C18H22N6O. The Morgan fingerprint density at radius 3 is 2.64 bits per heavy atom. The second-order valence-electron chi connectivity index (χ2n) is 5.30. The van der Waals surface area contributed by atoms with Crippen LogP contribution in [0, 0.1) is 6.92 Å². The van der Waals surface area contributed by atoms with Gasteiger partial charge in [-0.2, -0.15) is 0 Å². The number of aryl methyl sites for hydroxylation is 1. The van der Waals surface area contributed by atoms with Crippen LogP contribution in [0.15, 0.2) is 47.4 Å². The predicted molar refractivity (Wildman–Crippen MR) is 101 cm³/mol. The second-order valence-corrected chi connectivity index (χ2v) is 5.30. The number of carbonyl (C=O) groups excluding carboxylic acids is 1. The summed E-state index contributed by atoms with van der Waals surface area (Å²) in [7, 11) is 1.66. The predicted octanol–water partition coefficient (Wildman–Crippen LogP) is 2.11. The van der Waals surface area contributed by atoms with Crippen molar-refractivity contribution in [2.24, 2.45) is 10.7 Å². The number of benzene rings is 1. The molecule has 25 heavy (non-hydrogen) atoms. The minimum atomic E-state index is -0.0904. The number of allylic oxidation sites excluding steroid dienone is 1. The topological polar surface area (TPSA) is 105 Å². The highest BCUT2D eigenvalue weighted by Gasteiger charge is 2.09. The third-order valence-electron chi connectivity index (χ3n) is 3.43. The first-order valence-electron chi connectivity index (χ1n) is 7.92. The molecule has 0 fully saturated rings. The molecule has 1 heterocycles. The molecule has 0 radical (unpaired) electrons. The van der Waals surface area contributed by atoms with Crippen molar-refractivity contribution in [1.82, 2.24) is 15.3 Å². The highest BCUT2D eigenvalue weighted by Crippen LogP contribution is 2.22. The van der Waals surface area contributed by atoms with Crippen LogP contribution in [0.3, 0.4) is 0 Å². The van der Waals surface area contributed by atoms with Crippen molar-refractivity contribution in [3.63, 3.8) is 0 Å². The molecule has 4 N–H and O–H groups in total. The molecule has 0 aliphatic rings. The van der Waals surface area contributed by atoms with Crippen LogP contribution in [0.5, 0.6) is 0 Å². The SMILES string of the molecule is CCNC(=O)c1ccc(-c2nc(N/C(C=NC)=C/N)ncc2C)cc1. The highest BCUT2D eigenvalue weighted by atomic mass is 16.1. The van der Waals surface area contributed by atoms with E-state index in [1.165, 1.54) is 6.20 Å². The summed E-state index contributed by atoms with van der Waals surface area (Å²) in [5.74, 6) is 0.331. The van der Waals surface area contributed by atoms with E-state index in [-0.39, 0.29) is 5.91 Å². The average Bonchev–Trinajstić information content (AvgIpc) is 2.63. The van der Waals surface area contributed by atoms with E-state index in [0.29, 0.717) is 23.8 Å². The molecule has 0 aliphatic carbocycles. The molecule has 130 valence electrons. The first kappa shape index (κ1) is 18.1. The van der Waals surface area contributed by atoms with Gasteiger partial charge in [-0.1, -0.05) is 12.1 Å². The number of aliphatic imine (C=N–C) groups is 1. The molecule has 0 saturated heterocycles. The van der Waals surface area contributed by atoms with Gasteiger partial charge in [-0.15, -0.1) is 0 Å². The van der Waals surface area contributed by atoms with Gasteiger partial charge in [0.15, 0.2) is 0 Å². The smallest absolute Gasteiger partial charge is 0.251 e. The number of anilines is 1. The van der Waals surface area contributed by atoms with E-state index in [9.17, 15) is 4.79 Å². The van der Waals surface area contributed by atoms with Crippen LogP contribution in [0.4, 0.5) is 5.95 Å². The van der Waals surface area contributed by atoms with Gasteiger partial charge >= 0.3 is 0 Å². The Morgan fingerprint density at radius 1 is 1.32 bits per heavy atom. The highest BCUT2D eigenvalue weighted by molar-refractivity contribution is 5.94. The second kappa shape index (κ2) is 8.58. The van der Waals surface area contributed by atoms with Gasteiger partial charge in [-0.05, 0) is 31.5 Å². The van der Waals surface area contributed by atoms with Gasteiger partial charge in [0.05, 0.1) is 11.4 Å². The number of nitrogens with one attached hydrogen (secondary N) is 2. The summed E-state index contributed by atoms with van der Waals surface area (Å²) in [6, 6.07) is 7.31. The zero-order valence-electron chi connectivity index (χ0n) is 14.6. The normalized spacial score (nSPS) is 11.6. The number of hydrogen-bond acceptors (Lipinski definition) is 6. The van der Waals surface area contributed by atoms with Gasteiger partial charge < -0.3 is 16.4 Å². The largest absolute Gasteiger partial charge is 0.403 e. The van der Waals surface area contributed by atoms with Crippen molar-refractivity contribution in [3.05, 3.63) is 53.5 Å². The van der Waals surface area contributed by atoms with Crippen LogP contribution in [-0.2, 0) is 0 Å². The Hall–Kier alpha value is -3.22. The summed E-state index contributed by atoms with van der Waals surface area (Å²) in [4.78, 5) is 24.6. The van der Waals surface area contributed by atoms with Crippen molar-refractivity contribution < 1.29 is 4.79 Å². The molecule has 0 saturated carbocycles. The van der Waals surface area contributed by atoms with Crippen LogP contribution >= 0.6 is 0 Å². The van der Waals surface area contributed by atoms with E-state index in [2.05, 4.69) is 25.6 Å². The summed E-state index contributed by atoms with van der Waals surface area (Å²) in [6.45, 7) is 4.42. The molecule has 0 unspecified atom stereocenters. The van der Waals surface area contributed by atoms with Gasteiger partial charge in [0, 0.05) is 43.3 Å². The van der Waals surface area contributed by atoms with Gasteiger partial charge in [0.2, 0.25) is 5.95 Å². The summed E-state index contributed by atoms with van der Waals surface area (Å²) in [5.41, 5.74) is 9.37. The number of amides is 1. The Labute approximate surface area is 147 Å². The lowest BCUT2D eigenvalue weighted by Gasteiger charge is -2.10. The molecule has 0 spiro atoms. The lowest BCUT2D eigenvalue weighted by molar-refractivity contribution is 0.0956. The minimum absolute atomic E-state index is 0.0904. The number of rotatable bonds is 6. The summed E-state index contributed by atoms with van der Waals surface area (Å²) in [6.07, 6.45) is 4.72. The number of carbonyl (C=O) groups is 1. The van der Waals surface area contributed by atoms with Gasteiger partial charge in [-0.3, -0.25) is 9.79 Å². The summed E-state index contributed by atoms with van der Waals surface area (Å²) >= 11 is 0. The molecule has 0 bridgehead atoms. The molecule has 1 aromatic heterocycles. The Morgan fingerprint density at radius 2 is 2.04 bits per heavy atom. The maximum Gasteiger partial charge on any atom is 0.251 e. The van der Waals surface area contributed by atoms with Crippen LogP contribution < -0.4 is 16.4 Å². The standard InChI is InChI=1S/C18H22N6O/c1-4-21-17(25)14-7-5-13(6-8-14)16-12(2)10-22-18(24-16)23-15(9-19)11-20-3/h5-11H,4,19H2,1-3H3,(H,21,25)(H,22,23,24)/b15-9+,20-11?. The molecule has 0 atom stereocenters. The number of nitrogens with two attached hydrogens (primary N) is 1. The zero-order valence-corrected chi connectivity index (χ0v) is 14.6. The van der Waals surface area contributed by atoms with Crippen LogP contribution in [-0.4, -0.2) is 35.7 Å². The Kier molecular flexibility index (Phi) is 6.22. The molecule has 2 aromatic rings. The lowest BCUT2D eigenvalue weighted by Crippen LogP contribution is -2.22. The maximum absolute atomic E-state index is 11.9. The molecule has 7 nitrogen and oxygen atoms in total. The molecule has 2 rings (SSSR count). The molecule has 1 aromatic carbocycles. The lowest BCUT2D eigenvalue weighted by atomic mass is 10.1. The van der Waals surface area contributed by atoms with Gasteiger partial charge in [0.25, 0.3) is 5.91 Å². The fourth-order valence-electron chi connectivity index (χ4n) is 2.22. The number of nitrogens with zero attached hydrogens (tertiary/aromatic N) is 3. The number of aromatic nitrogens is 2. The van der Waals surface area contributed by atoms with Gasteiger partial charge in [-0.25, -0.2) is 9.97 Å². The van der Waals surface area contributed by atoms with Crippen molar-refractivity contribution in [1.29, 1.82) is 0 Å². The minimum Gasteiger partial charge on any atom is -0.403 e. The third-order valence-corrected chi connectivity index (χ3v) is 3.43. The molecule has 1 amide bonds. The van der Waals surface area contributed by atoms with E-state index in [1.54, 1.807) is 31.6 Å².